The zero-order chi connectivity index (χ0) is 12.3. The van der Waals surface area contributed by atoms with Crippen LogP contribution >= 0.6 is 0 Å². The number of hydrogen-bond donors (Lipinski definition) is 1. The van der Waals surface area contributed by atoms with Crippen LogP contribution in [0.15, 0.2) is 4.52 Å². The number of piperidine rings is 1. The minimum atomic E-state index is 0.232. The minimum absolute atomic E-state index is 0.232. The Kier molecular flexibility index (Phi) is 3.99. The van der Waals surface area contributed by atoms with Crippen LogP contribution in [0.25, 0.3) is 0 Å². The molecule has 0 bridgehead atoms. The molecule has 1 N–H and O–H groups in total. The maximum atomic E-state index is 5.37. The highest BCUT2D eigenvalue weighted by Gasteiger charge is 2.25. The lowest BCUT2D eigenvalue weighted by molar-refractivity contribution is 0.260. The number of nitrogens with zero attached hydrogens (tertiary/aromatic N) is 3. The minimum Gasteiger partial charge on any atom is -0.339 e. The second-order valence-corrected chi connectivity index (χ2v) is 4.74. The largest absolute Gasteiger partial charge is 0.339 e. The van der Waals surface area contributed by atoms with Crippen LogP contribution in [0.5, 0.6) is 0 Å². The molecule has 2 atom stereocenters. The number of rotatable bonds is 4. The molecule has 5 nitrogen and oxygen atoms in total. The molecule has 5 heteroatoms. The van der Waals surface area contributed by atoms with Gasteiger partial charge in [-0.1, -0.05) is 6.92 Å². The molecule has 0 aromatic carbocycles. The second-order valence-electron chi connectivity index (χ2n) is 4.74. The summed E-state index contributed by atoms with van der Waals surface area (Å²) in [6.45, 7) is 9.32. The Balaban J connectivity index is 2.06. The number of aromatic nitrogens is 2. The second kappa shape index (κ2) is 5.49. The van der Waals surface area contributed by atoms with Crippen molar-refractivity contribution in [2.75, 3.05) is 24.5 Å². The summed E-state index contributed by atoms with van der Waals surface area (Å²) >= 11 is 0. The maximum Gasteiger partial charge on any atom is 0.266 e. The molecule has 1 aliphatic heterocycles. The van der Waals surface area contributed by atoms with Crippen molar-refractivity contribution in [3.05, 3.63) is 5.89 Å². The van der Waals surface area contributed by atoms with Crippen LogP contribution in [0.3, 0.4) is 0 Å². The van der Waals surface area contributed by atoms with E-state index in [-0.39, 0.29) is 6.04 Å². The van der Waals surface area contributed by atoms with E-state index in [9.17, 15) is 0 Å². The Bertz CT molecular complexity index is 348. The van der Waals surface area contributed by atoms with Crippen molar-refractivity contribution in [3.63, 3.8) is 0 Å². The summed E-state index contributed by atoms with van der Waals surface area (Å²) in [5.41, 5.74) is 0. The molecule has 0 saturated carbocycles. The van der Waals surface area contributed by atoms with Gasteiger partial charge in [0.05, 0.1) is 6.04 Å². The van der Waals surface area contributed by atoms with Gasteiger partial charge in [-0.3, -0.25) is 0 Å². The van der Waals surface area contributed by atoms with Crippen LogP contribution in [0.1, 0.15) is 45.5 Å². The molecule has 0 radical (unpaired) electrons. The average Bonchev–Trinajstić information content (AvgIpc) is 2.80. The lowest BCUT2D eigenvalue weighted by atomic mass is 9.94. The topological polar surface area (TPSA) is 54.2 Å². The zero-order valence-corrected chi connectivity index (χ0v) is 10.9. The van der Waals surface area contributed by atoms with Gasteiger partial charge in [-0.05, 0) is 44.3 Å². The number of anilines is 1. The van der Waals surface area contributed by atoms with Gasteiger partial charge in [0.2, 0.25) is 5.89 Å². The van der Waals surface area contributed by atoms with Crippen LogP contribution in [0.4, 0.5) is 5.95 Å². The third-order valence-electron chi connectivity index (χ3n) is 3.44. The van der Waals surface area contributed by atoms with E-state index in [0.29, 0.717) is 5.95 Å². The fourth-order valence-corrected chi connectivity index (χ4v) is 2.30. The smallest absolute Gasteiger partial charge is 0.266 e. The fraction of sp³-hybridized carbons (Fsp3) is 0.833. The van der Waals surface area contributed by atoms with E-state index in [1.165, 1.54) is 6.42 Å². The molecule has 1 fully saturated rings. The highest BCUT2D eigenvalue weighted by Crippen LogP contribution is 2.26. The van der Waals surface area contributed by atoms with Gasteiger partial charge in [-0.2, -0.15) is 4.98 Å². The van der Waals surface area contributed by atoms with Gasteiger partial charge in [0.15, 0.2) is 0 Å². The Hall–Kier alpha value is -1.10. The van der Waals surface area contributed by atoms with Crippen molar-refractivity contribution in [2.45, 2.75) is 39.7 Å². The standard InChI is InChI=1S/C12H22N4O/c1-4-16(5-2)12-14-11(17-15-12)10-8-9(3)6-7-13-10/h9-10,13H,4-8H2,1-3H3. The first-order chi connectivity index (χ1) is 8.24. The molecule has 2 heterocycles. The van der Waals surface area contributed by atoms with Crippen molar-refractivity contribution >= 4 is 5.95 Å². The lowest BCUT2D eigenvalue weighted by Crippen LogP contribution is -2.31. The third-order valence-corrected chi connectivity index (χ3v) is 3.44. The highest BCUT2D eigenvalue weighted by atomic mass is 16.5. The van der Waals surface area contributed by atoms with Gasteiger partial charge < -0.3 is 14.7 Å². The molecule has 1 aromatic rings. The fourth-order valence-electron chi connectivity index (χ4n) is 2.30. The van der Waals surface area contributed by atoms with Crippen LogP contribution in [0, 0.1) is 5.92 Å². The Morgan fingerprint density at radius 3 is 2.82 bits per heavy atom. The molecule has 96 valence electrons. The van der Waals surface area contributed by atoms with Gasteiger partial charge in [0.1, 0.15) is 0 Å². The summed E-state index contributed by atoms with van der Waals surface area (Å²) in [4.78, 5) is 6.59. The summed E-state index contributed by atoms with van der Waals surface area (Å²) in [6.07, 6.45) is 2.31. The Labute approximate surface area is 103 Å². The molecule has 17 heavy (non-hydrogen) atoms. The summed E-state index contributed by atoms with van der Waals surface area (Å²) in [6, 6.07) is 0.232. The molecule has 1 aliphatic rings. The SMILES string of the molecule is CCN(CC)c1noc(C2CC(C)CCN2)n1. The van der Waals surface area contributed by atoms with Gasteiger partial charge >= 0.3 is 0 Å². The zero-order valence-electron chi connectivity index (χ0n) is 10.9. The van der Waals surface area contributed by atoms with Crippen LogP contribution in [0.2, 0.25) is 0 Å². The van der Waals surface area contributed by atoms with Gasteiger partial charge in [-0.15, -0.1) is 0 Å². The van der Waals surface area contributed by atoms with Crippen LogP contribution < -0.4 is 10.2 Å². The highest BCUT2D eigenvalue weighted by molar-refractivity contribution is 5.27. The van der Waals surface area contributed by atoms with E-state index in [2.05, 4.69) is 41.1 Å². The summed E-state index contributed by atoms with van der Waals surface area (Å²) in [5, 5.41) is 7.50. The van der Waals surface area contributed by atoms with Crippen molar-refractivity contribution in [1.29, 1.82) is 0 Å². The predicted molar refractivity (Wildman–Crippen MR) is 67.0 cm³/mol. The Morgan fingerprint density at radius 1 is 1.41 bits per heavy atom. The van der Waals surface area contributed by atoms with E-state index in [1.807, 2.05) is 0 Å². The first-order valence-corrected chi connectivity index (χ1v) is 6.56. The summed E-state index contributed by atoms with van der Waals surface area (Å²) in [7, 11) is 0. The van der Waals surface area contributed by atoms with Crippen molar-refractivity contribution in [1.82, 2.24) is 15.5 Å². The summed E-state index contributed by atoms with van der Waals surface area (Å²) in [5.74, 6) is 2.17. The lowest BCUT2D eigenvalue weighted by Gasteiger charge is -2.25. The van der Waals surface area contributed by atoms with Gasteiger partial charge in [0, 0.05) is 13.1 Å². The normalized spacial score (nSPS) is 24.9. The quantitative estimate of drug-likeness (QED) is 0.869. The van der Waals surface area contributed by atoms with E-state index < -0.39 is 0 Å². The first-order valence-electron chi connectivity index (χ1n) is 6.56. The molecule has 2 unspecified atom stereocenters. The van der Waals surface area contributed by atoms with E-state index in [0.717, 1.165) is 37.9 Å². The van der Waals surface area contributed by atoms with Crippen LogP contribution in [-0.4, -0.2) is 29.8 Å². The molecule has 1 aromatic heterocycles. The van der Waals surface area contributed by atoms with Crippen molar-refractivity contribution in [3.8, 4) is 0 Å². The van der Waals surface area contributed by atoms with E-state index in [1.54, 1.807) is 0 Å². The van der Waals surface area contributed by atoms with Crippen molar-refractivity contribution in [2.24, 2.45) is 5.92 Å². The average molecular weight is 238 g/mol. The van der Waals surface area contributed by atoms with Gasteiger partial charge in [0.25, 0.3) is 5.95 Å². The van der Waals surface area contributed by atoms with Crippen LogP contribution in [-0.2, 0) is 0 Å². The molecular weight excluding hydrogens is 216 g/mol. The molecular formula is C12H22N4O. The monoisotopic (exact) mass is 238 g/mol. The van der Waals surface area contributed by atoms with Gasteiger partial charge in [-0.25, -0.2) is 0 Å². The molecule has 0 aliphatic carbocycles. The molecule has 0 spiro atoms. The number of nitrogens with one attached hydrogen (secondary N) is 1. The van der Waals surface area contributed by atoms with Crippen molar-refractivity contribution < 1.29 is 4.52 Å². The first kappa shape index (κ1) is 12.4. The van der Waals surface area contributed by atoms with E-state index in [4.69, 9.17) is 4.52 Å². The third kappa shape index (κ3) is 2.77. The van der Waals surface area contributed by atoms with E-state index >= 15 is 0 Å². The predicted octanol–water partition coefficient (Wildman–Crippen LogP) is 1.98. The molecule has 1 saturated heterocycles. The summed E-state index contributed by atoms with van der Waals surface area (Å²) < 4.78 is 5.37. The number of hydrogen-bond acceptors (Lipinski definition) is 5. The maximum absolute atomic E-state index is 5.37. The Morgan fingerprint density at radius 2 is 2.18 bits per heavy atom. The molecule has 2 rings (SSSR count). The molecule has 0 amide bonds.